The molecule has 1 heterocycles. The Hall–Kier alpha value is -1.69. The van der Waals surface area contributed by atoms with Gasteiger partial charge in [0.25, 0.3) is 0 Å². The Balaban J connectivity index is 1.65. The van der Waals surface area contributed by atoms with E-state index in [-0.39, 0.29) is 24.3 Å². The van der Waals surface area contributed by atoms with Crippen LogP contribution in [0.3, 0.4) is 0 Å². The molecule has 0 aromatic heterocycles. The second-order valence-electron chi connectivity index (χ2n) is 16.4. The number of esters is 1. The Morgan fingerprint density at radius 2 is 0.962 bits per heavy atom. The van der Waals surface area contributed by atoms with Crippen LogP contribution in [-0.2, 0) is 19.0 Å². The van der Waals surface area contributed by atoms with Crippen LogP contribution in [0.1, 0.15) is 206 Å². The number of hydrogen-bond acceptors (Lipinski definition) is 5. The van der Waals surface area contributed by atoms with Crippen molar-refractivity contribution in [1.82, 2.24) is 4.90 Å². The first-order chi connectivity index (χ1) is 26.0. The van der Waals surface area contributed by atoms with Crippen molar-refractivity contribution in [2.24, 2.45) is 0 Å². The Labute approximate surface area is 328 Å². The highest BCUT2D eigenvalue weighted by Gasteiger charge is 2.52. The third-order valence-corrected chi connectivity index (χ3v) is 10.9. The van der Waals surface area contributed by atoms with Crippen LogP contribution in [0, 0.1) is 0 Å². The molecule has 1 aliphatic carbocycles. The molecular weight excluding hydrogens is 655 g/mol. The smallest absolute Gasteiger partial charge is 0.306 e. The Morgan fingerprint density at radius 1 is 0.566 bits per heavy atom. The molecule has 0 N–H and O–H groups in total. The molecular formula is C48H85NO4. The van der Waals surface area contributed by atoms with E-state index in [9.17, 15) is 4.79 Å². The van der Waals surface area contributed by atoms with Crippen molar-refractivity contribution >= 4 is 5.97 Å². The minimum Gasteiger partial charge on any atom is -0.462 e. The first kappa shape index (κ1) is 47.5. The Kier molecular flexibility index (Phi) is 29.1. The summed E-state index contributed by atoms with van der Waals surface area (Å²) >= 11 is 0. The van der Waals surface area contributed by atoms with Gasteiger partial charge in [-0.1, -0.05) is 140 Å². The SMILES string of the molecule is CCCCC/C=C\C/C=C\CCCCCCCCC1(CCCCCCCC/C=C\C/C=C\CCCCC)O[C@H]2C[C@H](OC(=O)CCCN(C)C)C[C@H]2O1. The molecule has 0 aromatic rings. The summed E-state index contributed by atoms with van der Waals surface area (Å²) in [6.45, 7) is 5.43. The monoisotopic (exact) mass is 740 g/mol. The van der Waals surface area contributed by atoms with Crippen LogP contribution in [0.5, 0.6) is 0 Å². The fourth-order valence-electron chi connectivity index (χ4n) is 7.75. The number of hydrogen-bond donors (Lipinski definition) is 0. The van der Waals surface area contributed by atoms with Crippen LogP contribution in [0.4, 0.5) is 0 Å². The lowest BCUT2D eigenvalue weighted by molar-refractivity contribution is -0.196. The maximum absolute atomic E-state index is 12.4. The van der Waals surface area contributed by atoms with E-state index in [0.29, 0.717) is 6.42 Å². The van der Waals surface area contributed by atoms with Crippen LogP contribution in [-0.4, -0.2) is 55.6 Å². The number of allylic oxidation sites excluding steroid dienone is 8. The molecule has 0 bridgehead atoms. The largest absolute Gasteiger partial charge is 0.462 e. The summed E-state index contributed by atoms with van der Waals surface area (Å²) in [6.07, 6.45) is 53.9. The Morgan fingerprint density at radius 3 is 1.38 bits per heavy atom. The summed E-state index contributed by atoms with van der Waals surface area (Å²) in [4.78, 5) is 14.6. The molecule has 2 aliphatic rings. The normalized spacial score (nSPS) is 20.0. The van der Waals surface area contributed by atoms with Crippen molar-refractivity contribution in [2.45, 2.75) is 231 Å². The molecule has 0 spiro atoms. The zero-order chi connectivity index (χ0) is 38.1. The molecule has 1 saturated heterocycles. The molecule has 53 heavy (non-hydrogen) atoms. The zero-order valence-corrected chi connectivity index (χ0v) is 35.4. The fourth-order valence-corrected chi connectivity index (χ4v) is 7.75. The number of carbonyl (C=O) groups is 1. The predicted octanol–water partition coefficient (Wildman–Crippen LogP) is 13.9. The van der Waals surface area contributed by atoms with E-state index in [1.165, 1.54) is 128 Å². The van der Waals surface area contributed by atoms with Crippen molar-refractivity contribution in [2.75, 3.05) is 20.6 Å². The number of nitrogens with zero attached hydrogens (tertiary/aromatic N) is 1. The van der Waals surface area contributed by atoms with Gasteiger partial charge in [-0.05, 0) is 104 Å². The van der Waals surface area contributed by atoms with E-state index in [2.05, 4.69) is 67.4 Å². The van der Waals surface area contributed by atoms with Gasteiger partial charge in [-0.3, -0.25) is 4.79 Å². The first-order valence-corrected chi connectivity index (χ1v) is 22.8. The molecule has 306 valence electrons. The maximum Gasteiger partial charge on any atom is 0.306 e. The maximum atomic E-state index is 12.4. The predicted molar refractivity (Wildman–Crippen MR) is 227 cm³/mol. The Bertz CT molecular complexity index is 920. The van der Waals surface area contributed by atoms with Crippen LogP contribution in [0.2, 0.25) is 0 Å². The molecule has 3 atom stereocenters. The summed E-state index contributed by atoms with van der Waals surface area (Å²) in [7, 11) is 4.08. The van der Waals surface area contributed by atoms with Gasteiger partial charge in [0.2, 0.25) is 0 Å². The van der Waals surface area contributed by atoms with Crippen molar-refractivity contribution in [3.05, 3.63) is 48.6 Å². The van der Waals surface area contributed by atoms with Crippen molar-refractivity contribution < 1.29 is 19.0 Å². The van der Waals surface area contributed by atoms with E-state index < -0.39 is 5.79 Å². The van der Waals surface area contributed by atoms with Crippen molar-refractivity contribution in [3.63, 3.8) is 0 Å². The van der Waals surface area contributed by atoms with Crippen LogP contribution in [0.25, 0.3) is 0 Å². The van der Waals surface area contributed by atoms with Gasteiger partial charge in [0.1, 0.15) is 6.10 Å². The second-order valence-corrected chi connectivity index (χ2v) is 16.4. The summed E-state index contributed by atoms with van der Waals surface area (Å²) in [5.41, 5.74) is 0. The highest BCUT2D eigenvalue weighted by molar-refractivity contribution is 5.69. The van der Waals surface area contributed by atoms with Crippen LogP contribution < -0.4 is 0 Å². The van der Waals surface area contributed by atoms with Gasteiger partial charge in [-0.2, -0.15) is 0 Å². The minimum atomic E-state index is -0.444. The zero-order valence-electron chi connectivity index (χ0n) is 35.4. The third-order valence-electron chi connectivity index (χ3n) is 10.9. The molecule has 2 rings (SSSR count). The van der Waals surface area contributed by atoms with Gasteiger partial charge >= 0.3 is 5.97 Å². The molecule has 0 unspecified atom stereocenters. The van der Waals surface area contributed by atoms with E-state index in [0.717, 1.165) is 64.3 Å². The topological polar surface area (TPSA) is 48.0 Å². The minimum absolute atomic E-state index is 0.0591. The standard InChI is InChI=1S/C48H85NO4/c1-5-7-9-11-13-15-17-19-21-23-25-27-29-31-33-35-39-48(40-36-34-32-30-28-26-24-22-20-18-16-14-12-10-8-6-2)52-45-42-44(43-46(45)53-48)51-47(50)38-37-41-49(3)4/h13-16,19-22,44-46H,5-12,17-18,23-43H2,1-4H3/b15-13-,16-14-,21-19-,22-20-/t44-,45-,46+. The molecule has 1 saturated carbocycles. The van der Waals surface area contributed by atoms with Crippen molar-refractivity contribution in [3.8, 4) is 0 Å². The lowest BCUT2D eigenvalue weighted by Crippen LogP contribution is -2.33. The molecule has 5 nitrogen and oxygen atoms in total. The van der Waals surface area contributed by atoms with Crippen LogP contribution in [0.15, 0.2) is 48.6 Å². The first-order valence-electron chi connectivity index (χ1n) is 22.8. The molecule has 0 amide bonds. The lowest BCUT2D eigenvalue weighted by Gasteiger charge is -2.30. The van der Waals surface area contributed by atoms with Gasteiger partial charge < -0.3 is 19.1 Å². The van der Waals surface area contributed by atoms with Crippen molar-refractivity contribution in [1.29, 1.82) is 0 Å². The highest BCUT2D eigenvalue weighted by Crippen LogP contribution is 2.44. The lowest BCUT2D eigenvalue weighted by atomic mass is 9.98. The van der Waals surface area contributed by atoms with Gasteiger partial charge in [0.15, 0.2) is 5.79 Å². The van der Waals surface area contributed by atoms with Gasteiger partial charge in [-0.15, -0.1) is 0 Å². The number of rotatable bonds is 35. The molecule has 0 aromatic carbocycles. The average Bonchev–Trinajstić information content (AvgIpc) is 3.66. The van der Waals surface area contributed by atoms with E-state index in [4.69, 9.17) is 14.2 Å². The molecule has 1 aliphatic heterocycles. The van der Waals surface area contributed by atoms with Gasteiger partial charge in [0.05, 0.1) is 12.2 Å². The summed E-state index contributed by atoms with van der Waals surface area (Å²) in [5, 5.41) is 0. The number of carbonyl (C=O) groups excluding carboxylic acids is 1. The van der Waals surface area contributed by atoms with Gasteiger partial charge in [0, 0.05) is 32.1 Å². The third kappa shape index (κ3) is 25.2. The number of unbranched alkanes of at least 4 members (excludes halogenated alkanes) is 18. The van der Waals surface area contributed by atoms with Gasteiger partial charge in [-0.25, -0.2) is 0 Å². The van der Waals surface area contributed by atoms with E-state index in [1.54, 1.807) is 0 Å². The average molecular weight is 740 g/mol. The van der Waals surface area contributed by atoms with E-state index in [1.807, 2.05) is 14.1 Å². The second kappa shape index (κ2) is 32.5. The molecule has 0 radical (unpaired) electrons. The molecule has 5 heteroatoms. The fraction of sp³-hybridized carbons (Fsp3) is 0.812. The number of fused-ring (bicyclic) bond motifs is 1. The summed E-state index contributed by atoms with van der Waals surface area (Å²) < 4.78 is 19.5. The molecule has 2 fully saturated rings. The summed E-state index contributed by atoms with van der Waals surface area (Å²) in [6, 6.07) is 0. The highest BCUT2D eigenvalue weighted by atomic mass is 16.8. The van der Waals surface area contributed by atoms with E-state index >= 15 is 0 Å². The summed E-state index contributed by atoms with van der Waals surface area (Å²) in [5.74, 6) is -0.522. The quantitative estimate of drug-likeness (QED) is 0.0368. The number of ether oxygens (including phenoxy) is 3. The van der Waals surface area contributed by atoms with Crippen LogP contribution >= 0.6 is 0 Å².